The van der Waals surface area contributed by atoms with Crippen molar-refractivity contribution in [1.82, 2.24) is 0 Å². The third-order valence-electron chi connectivity index (χ3n) is 6.99. The van der Waals surface area contributed by atoms with Gasteiger partial charge in [-0.15, -0.1) is 0 Å². The van der Waals surface area contributed by atoms with E-state index in [9.17, 15) is 8.78 Å². The zero-order chi connectivity index (χ0) is 19.1. The van der Waals surface area contributed by atoms with E-state index < -0.39 is 0 Å². The minimum Gasteiger partial charge on any atom is -0.216 e. The van der Waals surface area contributed by atoms with Crippen molar-refractivity contribution in [2.45, 2.75) is 76.5 Å². The second-order valence-electron chi connectivity index (χ2n) is 8.54. The molecule has 2 fully saturated rings. The summed E-state index contributed by atoms with van der Waals surface area (Å²) >= 11 is 0. The summed E-state index contributed by atoms with van der Waals surface area (Å²) in [5, 5.41) is 8.88. The smallest absolute Gasteiger partial charge is 0.141 e. The molecule has 2 aliphatic rings. The molecule has 27 heavy (non-hydrogen) atoms. The monoisotopic (exact) mass is 371 g/mol. The molecule has 0 atom stereocenters. The molecule has 0 N–H and O–H groups in total. The van der Waals surface area contributed by atoms with Gasteiger partial charge in [-0.2, -0.15) is 5.26 Å². The molecule has 3 rings (SSSR count). The molecule has 0 spiro atoms. The van der Waals surface area contributed by atoms with Crippen molar-refractivity contribution in [1.29, 1.82) is 5.26 Å². The van der Waals surface area contributed by atoms with E-state index in [-0.39, 0.29) is 11.4 Å². The molecule has 0 amide bonds. The maximum atomic E-state index is 13.9. The lowest BCUT2D eigenvalue weighted by molar-refractivity contribution is 0.156. The highest BCUT2D eigenvalue weighted by molar-refractivity contribution is 5.34. The van der Waals surface area contributed by atoms with Crippen LogP contribution in [0.1, 0.15) is 87.7 Å². The number of hydrogen-bond donors (Lipinski definition) is 0. The van der Waals surface area contributed by atoms with Crippen LogP contribution in [0.25, 0.3) is 0 Å². The second-order valence-corrected chi connectivity index (χ2v) is 8.54. The van der Waals surface area contributed by atoms with Gasteiger partial charge in [0.1, 0.15) is 11.9 Å². The van der Waals surface area contributed by atoms with Gasteiger partial charge in [-0.1, -0.05) is 31.4 Å². The standard InChI is InChI=1S/C24H31F2N/c25-15-3-1-2-4-18-5-7-19(8-6-18)20-9-11-21(12-10-20)22-13-14-23(17-27)24(26)16-22/h3,13-16,18-21H,1-2,4-12H2/b15-3+/t18-,19-,20?,21?. The topological polar surface area (TPSA) is 23.8 Å². The fraction of sp³-hybridized carbons (Fsp3) is 0.625. The average Bonchev–Trinajstić information content (AvgIpc) is 2.72. The van der Waals surface area contributed by atoms with Gasteiger partial charge in [0.05, 0.1) is 11.9 Å². The maximum absolute atomic E-state index is 13.9. The van der Waals surface area contributed by atoms with E-state index in [0.29, 0.717) is 12.2 Å². The Balaban J connectivity index is 1.42. The summed E-state index contributed by atoms with van der Waals surface area (Å²) in [7, 11) is 0. The number of halogens is 2. The maximum Gasteiger partial charge on any atom is 0.141 e. The number of nitrogens with zero attached hydrogens (tertiary/aromatic N) is 1. The molecule has 146 valence electrons. The minimum absolute atomic E-state index is 0.143. The number of benzene rings is 1. The van der Waals surface area contributed by atoms with Crippen LogP contribution in [0.3, 0.4) is 0 Å². The Kier molecular flexibility index (Phi) is 7.44. The first-order valence-corrected chi connectivity index (χ1v) is 10.7. The molecule has 0 unspecified atom stereocenters. The van der Waals surface area contributed by atoms with Crippen LogP contribution in [0.5, 0.6) is 0 Å². The second kappa shape index (κ2) is 10.0. The van der Waals surface area contributed by atoms with Gasteiger partial charge in [0.25, 0.3) is 0 Å². The van der Waals surface area contributed by atoms with Gasteiger partial charge in [0, 0.05) is 0 Å². The van der Waals surface area contributed by atoms with Gasteiger partial charge < -0.3 is 0 Å². The van der Waals surface area contributed by atoms with Gasteiger partial charge in [0.2, 0.25) is 0 Å². The SMILES string of the molecule is N#Cc1ccc(C2CCC([C@H]3CC[C@H](CCC/C=C/F)CC3)CC2)cc1F. The van der Waals surface area contributed by atoms with E-state index in [1.54, 1.807) is 18.2 Å². The molecule has 1 aromatic carbocycles. The average molecular weight is 372 g/mol. The van der Waals surface area contributed by atoms with Crippen LogP contribution >= 0.6 is 0 Å². The highest BCUT2D eigenvalue weighted by Gasteiger charge is 2.31. The van der Waals surface area contributed by atoms with Crippen LogP contribution in [0, 0.1) is 34.9 Å². The van der Waals surface area contributed by atoms with Gasteiger partial charge in [-0.3, -0.25) is 0 Å². The van der Waals surface area contributed by atoms with Crippen LogP contribution in [-0.2, 0) is 0 Å². The van der Waals surface area contributed by atoms with E-state index in [4.69, 9.17) is 5.26 Å². The Morgan fingerprint density at radius 2 is 1.67 bits per heavy atom. The predicted octanol–water partition coefficient (Wildman–Crippen LogP) is 7.43. The van der Waals surface area contributed by atoms with Crippen LogP contribution in [0.4, 0.5) is 8.78 Å². The molecule has 3 heteroatoms. The summed E-state index contributed by atoms with van der Waals surface area (Å²) in [6.07, 6.45) is 15.7. The Labute approximate surface area is 162 Å². The van der Waals surface area contributed by atoms with E-state index in [2.05, 4.69) is 0 Å². The minimum atomic E-state index is -0.377. The highest BCUT2D eigenvalue weighted by Crippen LogP contribution is 2.44. The number of unbranched alkanes of at least 4 members (excludes halogenated alkanes) is 1. The molecule has 0 bridgehead atoms. The molecule has 2 aliphatic carbocycles. The van der Waals surface area contributed by atoms with Gasteiger partial charge in [0.15, 0.2) is 0 Å². The summed E-state index contributed by atoms with van der Waals surface area (Å²) in [6, 6.07) is 7.05. The lowest BCUT2D eigenvalue weighted by Crippen LogP contribution is -2.25. The summed E-state index contributed by atoms with van der Waals surface area (Å²) in [4.78, 5) is 0. The molecule has 1 aromatic rings. The summed E-state index contributed by atoms with van der Waals surface area (Å²) in [5.41, 5.74) is 1.21. The Morgan fingerprint density at radius 3 is 2.26 bits per heavy atom. The van der Waals surface area contributed by atoms with Crippen LogP contribution in [0.2, 0.25) is 0 Å². The number of hydrogen-bond acceptors (Lipinski definition) is 1. The molecule has 2 saturated carbocycles. The normalized spacial score (nSPS) is 28.9. The van der Waals surface area contributed by atoms with Crippen molar-refractivity contribution in [3.05, 3.63) is 47.5 Å². The molecule has 1 nitrogen and oxygen atoms in total. The number of nitriles is 1. The Bertz CT molecular complexity index is 659. The van der Waals surface area contributed by atoms with Crippen molar-refractivity contribution >= 4 is 0 Å². The molecule has 0 saturated heterocycles. The van der Waals surface area contributed by atoms with Gasteiger partial charge >= 0.3 is 0 Å². The van der Waals surface area contributed by atoms with Crippen molar-refractivity contribution in [2.24, 2.45) is 17.8 Å². The number of rotatable bonds is 6. The van der Waals surface area contributed by atoms with Gasteiger partial charge in [-0.05, 0) is 92.7 Å². The quantitative estimate of drug-likeness (QED) is 0.477. The summed E-state index contributed by atoms with van der Waals surface area (Å²) in [5.74, 6) is 2.61. The zero-order valence-corrected chi connectivity index (χ0v) is 16.2. The summed E-state index contributed by atoms with van der Waals surface area (Å²) < 4.78 is 25.9. The fourth-order valence-corrected chi connectivity index (χ4v) is 5.34. The first-order chi connectivity index (χ1) is 13.2. The molecule has 0 aliphatic heterocycles. The predicted molar refractivity (Wildman–Crippen MR) is 105 cm³/mol. The third kappa shape index (κ3) is 5.41. The van der Waals surface area contributed by atoms with Crippen LogP contribution in [0.15, 0.2) is 30.6 Å². The fourth-order valence-electron chi connectivity index (χ4n) is 5.34. The first kappa shape index (κ1) is 20.1. The van der Waals surface area contributed by atoms with Crippen molar-refractivity contribution < 1.29 is 8.78 Å². The first-order valence-electron chi connectivity index (χ1n) is 10.7. The lowest BCUT2D eigenvalue weighted by Gasteiger charge is -2.38. The Morgan fingerprint density at radius 1 is 1.00 bits per heavy atom. The van der Waals surface area contributed by atoms with E-state index in [1.807, 2.05) is 12.1 Å². The van der Waals surface area contributed by atoms with E-state index in [1.165, 1.54) is 44.9 Å². The van der Waals surface area contributed by atoms with Gasteiger partial charge in [-0.25, -0.2) is 8.78 Å². The molecule has 0 heterocycles. The molecular formula is C24H31F2N. The largest absolute Gasteiger partial charge is 0.216 e. The molecule has 0 aromatic heterocycles. The van der Waals surface area contributed by atoms with E-state index in [0.717, 1.165) is 49.0 Å². The van der Waals surface area contributed by atoms with Crippen molar-refractivity contribution in [3.8, 4) is 6.07 Å². The van der Waals surface area contributed by atoms with Crippen molar-refractivity contribution in [3.63, 3.8) is 0 Å². The molecule has 0 radical (unpaired) electrons. The molecular weight excluding hydrogens is 340 g/mol. The Hall–Kier alpha value is -1.69. The third-order valence-corrected chi connectivity index (χ3v) is 6.99. The lowest BCUT2D eigenvalue weighted by atomic mass is 9.68. The van der Waals surface area contributed by atoms with Crippen molar-refractivity contribution in [2.75, 3.05) is 0 Å². The van der Waals surface area contributed by atoms with E-state index >= 15 is 0 Å². The van der Waals surface area contributed by atoms with Crippen LogP contribution < -0.4 is 0 Å². The highest BCUT2D eigenvalue weighted by atomic mass is 19.1. The summed E-state index contributed by atoms with van der Waals surface area (Å²) in [6.45, 7) is 0. The zero-order valence-electron chi connectivity index (χ0n) is 16.2. The number of allylic oxidation sites excluding steroid dienone is 1. The van der Waals surface area contributed by atoms with Crippen LogP contribution in [-0.4, -0.2) is 0 Å².